The van der Waals surface area contributed by atoms with Crippen LogP contribution in [0.4, 0.5) is 4.39 Å². The van der Waals surface area contributed by atoms with E-state index in [-0.39, 0.29) is 5.82 Å². The third-order valence-corrected chi connectivity index (χ3v) is 5.13. The summed E-state index contributed by atoms with van der Waals surface area (Å²) in [5.74, 6) is 1.66. The van der Waals surface area contributed by atoms with Gasteiger partial charge in [0, 0.05) is 37.7 Å². The Labute approximate surface area is 182 Å². The van der Waals surface area contributed by atoms with E-state index in [0.29, 0.717) is 19.0 Å². The van der Waals surface area contributed by atoms with Gasteiger partial charge in [-0.3, -0.25) is 0 Å². The summed E-state index contributed by atoms with van der Waals surface area (Å²) in [6, 6.07) is 10.2. The lowest BCUT2D eigenvalue weighted by Crippen LogP contribution is -2.38. The Morgan fingerprint density at radius 2 is 1.90 bits per heavy atom. The minimum atomic E-state index is -0.257. The Kier molecular flexibility index (Phi) is 8.20. The molecule has 0 spiro atoms. The Bertz CT molecular complexity index is 959. The Balaban J connectivity index is 1.53. The number of nitrogens with one attached hydrogen (secondary N) is 2. The molecule has 2 heterocycles. The lowest BCUT2D eigenvalue weighted by Gasteiger charge is -2.10. The smallest absolute Gasteiger partial charge is 0.191 e. The third-order valence-electron chi connectivity index (χ3n) is 5.13. The first kappa shape index (κ1) is 22.5. The molecule has 1 aromatic carbocycles. The van der Waals surface area contributed by atoms with Gasteiger partial charge in [-0.25, -0.2) is 14.1 Å². The monoisotopic (exact) mass is 426 g/mol. The summed E-state index contributed by atoms with van der Waals surface area (Å²) in [5, 5.41) is 15.3. The van der Waals surface area contributed by atoms with Crippen molar-refractivity contribution in [1.29, 1.82) is 0 Å². The number of aliphatic imine (C=N–C) groups is 1. The molecule has 0 fully saturated rings. The van der Waals surface area contributed by atoms with Crippen molar-refractivity contribution in [1.82, 2.24) is 25.6 Å². The van der Waals surface area contributed by atoms with Gasteiger partial charge in [-0.15, -0.1) is 0 Å². The summed E-state index contributed by atoms with van der Waals surface area (Å²) in [4.78, 5) is 4.60. The van der Waals surface area contributed by atoms with Crippen molar-refractivity contribution < 1.29 is 8.91 Å². The van der Waals surface area contributed by atoms with Gasteiger partial charge < -0.3 is 15.2 Å². The first-order valence-corrected chi connectivity index (χ1v) is 10.9. The van der Waals surface area contributed by atoms with Gasteiger partial charge in [0.25, 0.3) is 0 Å². The van der Waals surface area contributed by atoms with E-state index in [1.165, 1.54) is 12.1 Å². The fourth-order valence-corrected chi connectivity index (χ4v) is 3.34. The van der Waals surface area contributed by atoms with E-state index in [0.717, 1.165) is 54.6 Å². The number of hydrogen-bond donors (Lipinski definition) is 2. The number of nitrogens with zero attached hydrogens (tertiary/aromatic N) is 4. The molecule has 0 amide bonds. The molecule has 0 saturated heterocycles. The SMILES string of the molecule is CCNC(=NCc1cc(C(CC)CC)no1)NCCc1ccn(-c2ccc(F)cc2)n1. The molecular weight excluding hydrogens is 395 g/mol. The molecule has 3 rings (SSSR count). The van der Waals surface area contributed by atoms with Gasteiger partial charge in [0.2, 0.25) is 0 Å². The molecule has 0 aliphatic rings. The van der Waals surface area contributed by atoms with E-state index < -0.39 is 0 Å². The quantitative estimate of drug-likeness (QED) is 0.375. The maximum atomic E-state index is 13.1. The molecule has 31 heavy (non-hydrogen) atoms. The van der Waals surface area contributed by atoms with Crippen LogP contribution < -0.4 is 10.6 Å². The molecule has 0 unspecified atom stereocenters. The average Bonchev–Trinajstić information content (AvgIpc) is 3.44. The molecule has 0 atom stereocenters. The highest BCUT2D eigenvalue weighted by Crippen LogP contribution is 2.22. The van der Waals surface area contributed by atoms with Gasteiger partial charge in [0.1, 0.15) is 12.4 Å². The molecule has 0 aliphatic heterocycles. The van der Waals surface area contributed by atoms with Crippen LogP contribution in [0.2, 0.25) is 0 Å². The predicted molar refractivity (Wildman–Crippen MR) is 120 cm³/mol. The van der Waals surface area contributed by atoms with Gasteiger partial charge >= 0.3 is 0 Å². The van der Waals surface area contributed by atoms with Crippen molar-refractivity contribution in [2.45, 2.75) is 52.5 Å². The molecule has 0 aliphatic carbocycles. The van der Waals surface area contributed by atoms with Crippen LogP contribution in [-0.4, -0.2) is 34.0 Å². The Morgan fingerprint density at radius 3 is 2.61 bits per heavy atom. The molecule has 166 valence electrons. The summed E-state index contributed by atoms with van der Waals surface area (Å²) in [7, 11) is 0. The minimum absolute atomic E-state index is 0.257. The van der Waals surface area contributed by atoms with Gasteiger partial charge in [-0.1, -0.05) is 19.0 Å². The van der Waals surface area contributed by atoms with Crippen LogP contribution in [0.15, 0.2) is 52.1 Å². The van der Waals surface area contributed by atoms with Crippen LogP contribution in [0, 0.1) is 5.82 Å². The van der Waals surface area contributed by atoms with E-state index in [4.69, 9.17) is 4.52 Å². The standard InChI is InChI=1S/C23H31FN6O/c1-4-17(5-2)22-15-21(31-29-22)16-27-23(25-6-3)26-13-11-19-12-14-30(28-19)20-9-7-18(24)8-10-20/h7-10,12,14-15,17H,4-6,11,13,16H2,1-3H3,(H2,25,26,27). The average molecular weight is 427 g/mol. The Hall–Kier alpha value is -3.16. The second-order valence-electron chi connectivity index (χ2n) is 7.33. The van der Waals surface area contributed by atoms with E-state index in [1.54, 1.807) is 16.8 Å². The van der Waals surface area contributed by atoms with Gasteiger partial charge in [0.05, 0.1) is 17.1 Å². The molecule has 2 aromatic heterocycles. The van der Waals surface area contributed by atoms with Crippen molar-refractivity contribution in [3.05, 3.63) is 65.6 Å². The number of rotatable bonds is 10. The summed E-state index contributed by atoms with van der Waals surface area (Å²) >= 11 is 0. The molecular formula is C23H31FN6O. The Morgan fingerprint density at radius 1 is 1.13 bits per heavy atom. The van der Waals surface area contributed by atoms with Gasteiger partial charge in [0.15, 0.2) is 11.7 Å². The zero-order valence-electron chi connectivity index (χ0n) is 18.4. The summed E-state index contributed by atoms with van der Waals surface area (Å²) in [6.45, 7) is 8.23. The molecule has 2 N–H and O–H groups in total. The molecule has 0 radical (unpaired) electrons. The van der Waals surface area contributed by atoms with Gasteiger partial charge in [-0.05, 0) is 50.1 Å². The van der Waals surface area contributed by atoms with Crippen molar-refractivity contribution in [2.24, 2.45) is 4.99 Å². The lowest BCUT2D eigenvalue weighted by atomic mass is 9.99. The van der Waals surface area contributed by atoms with Crippen LogP contribution in [-0.2, 0) is 13.0 Å². The number of aromatic nitrogens is 3. The second-order valence-corrected chi connectivity index (χ2v) is 7.33. The van der Waals surface area contributed by atoms with E-state index in [1.807, 2.05) is 25.3 Å². The highest BCUT2D eigenvalue weighted by molar-refractivity contribution is 5.79. The number of halogens is 1. The van der Waals surface area contributed by atoms with Gasteiger partial charge in [-0.2, -0.15) is 5.10 Å². The van der Waals surface area contributed by atoms with Crippen LogP contribution in [0.5, 0.6) is 0 Å². The van der Waals surface area contributed by atoms with Crippen molar-refractivity contribution in [3.63, 3.8) is 0 Å². The van der Waals surface area contributed by atoms with Crippen LogP contribution >= 0.6 is 0 Å². The number of hydrogen-bond acceptors (Lipinski definition) is 4. The van der Waals surface area contributed by atoms with Crippen molar-refractivity contribution in [3.8, 4) is 5.69 Å². The zero-order valence-corrected chi connectivity index (χ0v) is 18.4. The fourth-order valence-electron chi connectivity index (χ4n) is 3.34. The zero-order chi connectivity index (χ0) is 22.1. The normalized spacial score (nSPS) is 11.8. The molecule has 7 nitrogen and oxygen atoms in total. The third kappa shape index (κ3) is 6.41. The lowest BCUT2D eigenvalue weighted by molar-refractivity contribution is 0.372. The topological polar surface area (TPSA) is 80.3 Å². The largest absolute Gasteiger partial charge is 0.359 e. The first-order chi connectivity index (χ1) is 15.1. The molecule has 3 aromatic rings. The van der Waals surface area contributed by atoms with Crippen LogP contribution in [0.3, 0.4) is 0 Å². The van der Waals surface area contributed by atoms with Crippen molar-refractivity contribution >= 4 is 5.96 Å². The minimum Gasteiger partial charge on any atom is -0.359 e. The molecule has 0 bridgehead atoms. The maximum absolute atomic E-state index is 13.1. The summed E-state index contributed by atoms with van der Waals surface area (Å²) in [6.07, 6.45) is 4.71. The summed E-state index contributed by atoms with van der Waals surface area (Å²) in [5.41, 5.74) is 2.78. The van der Waals surface area contributed by atoms with E-state index in [2.05, 4.69) is 39.7 Å². The highest BCUT2D eigenvalue weighted by atomic mass is 19.1. The van der Waals surface area contributed by atoms with E-state index in [9.17, 15) is 4.39 Å². The van der Waals surface area contributed by atoms with E-state index >= 15 is 0 Å². The van der Waals surface area contributed by atoms with Crippen LogP contribution in [0.1, 0.15) is 56.7 Å². The number of guanidine groups is 1. The maximum Gasteiger partial charge on any atom is 0.191 e. The number of benzene rings is 1. The molecule has 0 saturated carbocycles. The fraction of sp³-hybridized carbons (Fsp3) is 0.435. The second kappa shape index (κ2) is 11.3. The van der Waals surface area contributed by atoms with Crippen molar-refractivity contribution in [2.75, 3.05) is 13.1 Å². The summed E-state index contributed by atoms with van der Waals surface area (Å²) < 4.78 is 20.3. The molecule has 8 heteroatoms. The van der Waals surface area contributed by atoms with Crippen LogP contribution in [0.25, 0.3) is 5.69 Å². The first-order valence-electron chi connectivity index (χ1n) is 10.9. The predicted octanol–water partition coefficient (Wildman–Crippen LogP) is 4.20. The highest BCUT2D eigenvalue weighted by Gasteiger charge is 2.13.